The lowest BCUT2D eigenvalue weighted by Crippen LogP contribution is -2.23. The van der Waals surface area contributed by atoms with E-state index >= 15 is 0 Å². The average Bonchev–Trinajstić information content (AvgIpc) is 2.88. The summed E-state index contributed by atoms with van der Waals surface area (Å²) in [5, 5.41) is 1.47. The lowest BCUT2D eigenvalue weighted by Gasteiger charge is -2.21. The number of rotatable bonds is 2. The third kappa shape index (κ3) is 1.91. The van der Waals surface area contributed by atoms with Crippen LogP contribution in [-0.4, -0.2) is 11.0 Å². The van der Waals surface area contributed by atoms with Crippen molar-refractivity contribution in [1.82, 2.24) is 4.98 Å². The van der Waals surface area contributed by atoms with Crippen LogP contribution in [-0.2, 0) is 12.3 Å². The lowest BCUT2D eigenvalue weighted by molar-refractivity contribution is 0.756. The Morgan fingerprint density at radius 2 is 2.22 bits per heavy atom. The smallest absolute Gasteiger partial charge is 0.191 e. The molecule has 2 nitrogen and oxygen atoms in total. The first-order valence-electron chi connectivity index (χ1n) is 5.79. The standard InChI is InChI=1S/C13H12Cl2N2S/c1-8-6-9-4-2-3-5-10(9)17(8)13-16-12(15)11(7-14)18-13/h2-5,8H,6-7H2,1H3. The first kappa shape index (κ1) is 12.3. The fourth-order valence-electron chi connectivity index (χ4n) is 2.36. The molecule has 2 heterocycles. The normalized spacial score (nSPS) is 18.2. The Balaban J connectivity index is 2.06. The van der Waals surface area contributed by atoms with Crippen LogP contribution < -0.4 is 4.90 Å². The highest BCUT2D eigenvalue weighted by atomic mass is 35.5. The zero-order chi connectivity index (χ0) is 12.7. The highest BCUT2D eigenvalue weighted by Crippen LogP contribution is 2.41. The molecule has 1 aliphatic heterocycles. The van der Waals surface area contributed by atoms with Crippen LogP contribution >= 0.6 is 34.5 Å². The molecule has 1 aliphatic rings. The van der Waals surface area contributed by atoms with E-state index in [4.69, 9.17) is 23.2 Å². The molecule has 1 aromatic heterocycles. The van der Waals surface area contributed by atoms with E-state index in [1.165, 1.54) is 11.3 Å². The van der Waals surface area contributed by atoms with Gasteiger partial charge in [0.15, 0.2) is 5.13 Å². The van der Waals surface area contributed by atoms with Gasteiger partial charge >= 0.3 is 0 Å². The summed E-state index contributed by atoms with van der Waals surface area (Å²) in [6.45, 7) is 2.20. The minimum atomic E-state index is 0.410. The van der Waals surface area contributed by atoms with Crippen LogP contribution in [0.4, 0.5) is 10.8 Å². The van der Waals surface area contributed by atoms with Gasteiger partial charge in [-0.05, 0) is 25.0 Å². The van der Waals surface area contributed by atoms with Gasteiger partial charge in [-0.2, -0.15) is 0 Å². The van der Waals surface area contributed by atoms with Crippen LogP contribution in [0.1, 0.15) is 17.4 Å². The van der Waals surface area contributed by atoms with Crippen molar-refractivity contribution in [2.45, 2.75) is 25.3 Å². The number of nitrogens with zero attached hydrogens (tertiary/aromatic N) is 2. The van der Waals surface area contributed by atoms with Crippen LogP contribution in [0.15, 0.2) is 24.3 Å². The zero-order valence-corrected chi connectivity index (χ0v) is 12.2. The molecule has 0 bridgehead atoms. The predicted molar refractivity (Wildman–Crippen MR) is 78.4 cm³/mol. The number of aromatic nitrogens is 1. The number of alkyl halides is 1. The summed E-state index contributed by atoms with van der Waals surface area (Å²) in [7, 11) is 0. The maximum Gasteiger partial charge on any atom is 0.191 e. The molecule has 0 N–H and O–H groups in total. The molecule has 0 fully saturated rings. The van der Waals surface area contributed by atoms with Crippen molar-refractivity contribution in [2.75, 3.05) is 4.90 Å². The Hall–Kier alpha value is -0.770. The van der Waals surface area contributed by atoms with Crippen molar-refractivity contribution in [1.29, 1.82) is 0 Å². The summed E-state index contributed by atoms with van der Waals surface area (Å²) in [6.07, 6.45) is 1.05. The summed E-state index contributed by atoms with van der Waals surface area (Å²) in [6, 6.07) is 8.85. The van der Waals surface area contributed by atoms with Gasteiger partial charge in [0, 0.05) is 11.7 Å². The quantitative estimate of drug-likeness (QED) is 0.752. The minimum Gasteiger partial charge on any atom is -0.314 e. The van der Waals surface area contributed by atoms with E-state index in [-0.39, 0.29) is 0 Å². The maximum atomic E-state index is 6.09. The summed E-state index contributed by atoms with van der Waals surface area (Å²) in [4.78, 5) is 7.63. The highest BCUT2D eigenvalue weighted by molar-refractivity contribution is 7.16. The molecule has 0 aliphatic carbocycles. The molecule has 3 rings (SSSR count). The Bertz CT molecular complexity index is 582. The third-order valence-corrected chi connectivity index (χ3v) is 5.08. The molecule has 1 atom stereocenters. The Morgan fingerprint density at radius 3 is 2.94 bits per heavy atom. The molecular weight excluding hydrogens is 287 g/mol. The van der Waals surface area contributed by atoms with E-state index in [1.54, 1.807) is 11.3 Å². The van der Waals surface area contributed by atoms with Gasteiger partial charge in [-0.15, -0.1) is 11.6 Å². The fourth-order valence-corrected chi connectivity index (χ4v) is 3.95. The van der Waals surface area contributed by atoms with Gasteiger partial charge < -0.3 is 4.90 Å². The van der Waals surface area contributed by atoms with Crippen LogP contribution in [0.5, 0.6) is 0 Å². The molecule has 0 radical (unpaired) electrons. The summed E-state index contributed by atoms with van der Waals surface area (Å²) in [5.41, 5.74) is 2.60. The van der Waals surface area contributed by atoms with Gasteiger partial charge in [0.05, 0.1) is 10.8 Å². The Labute approximate surface area is 120 Å². The van der Waals surface area contributed by atoms with Crippen molar-refractivity contribution < 1.29 is 0 Å². The van der Waals surface area contributed by atoms with Crippen LogP contribution in [0.3, 0.4) is 0 Å². The van der Waals surface area contributed by atoms with Crippen molar-refractivity contribution >= 4 is 45.4 Å². The van der Waals surface area contributed by atoms with Gasteiger partial charge in [0.1, 0.15) is 5.15 Å². The maximum absolute atomic E-state index is 6.09. The SMILES string of the molecule is CC1Cc2ccccc2N1c1nc(Cl)c(CCl)s1. The number of thiazole rings is 1. The average molecular weight is 299 g/mol. The van der Waals surface area contributed by atoms with Gasteiger partial charge in [-0.3, -0.25) is 0 Å². The molecule has 0 spiro atoms. The summed E-state index contributed by atoms with van der Waals surface area (Å²) in [5.74, 6) is 0.417. The second-order valence-electron chi connectivity index (χ2n) is 4.40. The van der Waals surface area contributed by atoms with E-state index in [1.807, 2.05) is 0 Å². The van der Waals surface area contributed by atoms with Crippen molar-refractivity contribution in [3.63, 3.8) is 0 Å². The number of hydrogen-bond acceptors (Lipinski definition) is 3. The number of anilines is 2. The van der Waals surface area contributed by atoms with E-state index in [0.29, 0.717) is 17.1 Å². The van der Waals surface area contributed by atoms with Crippen LogP contribution in [0.2, 0.25) is 5.15 Å². The molecule has 94 valence electrons. The number of hydrogen-bond donors (Lipinski definition) is 0. The molecule has 0 saturated carbocycles. The Morgan fingerprint density at radius 1 is 1.44 bits per heavy atom. The van der Waals surface area contributed by atoms with Crippen molar-refractivity contribution in [3.05, 3.63) is 39.9 Å². The topological polar surface area (TPSA) is 16.1 Å². The largest absolute Gasteiger partial charge is 0.314 e. The van der Waals surface area contributed by atoms with E-state index in [0.717, 1.165) is 16.4 Å². The second-order valence-corrected chi connectivity index (χ2v) is 6.08. The first-order valence-corrected chi connectivity index (χ1v) is 7.52. The summed E-state index contributed by atoms with van der Waals surface area (Å²) < 4.78 is 0. The Kier molecular flexibility index (Phi) is 3.22. The van der Waals surface area contributed by atoms with Crippen LogP contribution in [0.25, 0.3) is 0 Å². The van der Waals surface area contributed by atoms with E-state index < -0.39 is 0 Å². The number of halogens is 2. The van der Waals surface area contributed by atoms with Crippen molar-refractivity contribution in [3.8, 4) is 0 Å². The van der Waals surface area contributed by atoms with Gasteiger partial charge in [-0.1, -0.05) is 41.1 Å². The molecule has 2 aromatic rings. The predicted octanol–water partition coefficient (Wildman–Crippen LogP) is 4.62. The lowest BCUT2D eigenvalue weighted by atomic mass is 10.1. The third-order valence-electron chi connectivity index (χ3n) is 3.17. The van der Waals surface area contributed by atoms with E-state index in [2.05, 4.69) is 41.1 Å². The molecule has 18 heavy (non-hydrogen) atoms. The molecule has 5 heteroatoms. The zero-order valence-electron chi connectivity index (χ0n) is 9.86. The van der Waals surface area contributed by atoms with Crippen LogP contribution in [0, 0.1) is 0 Å². The van der Waals surface area contributed by atoms with Gasteiger partial charge in [0.25, 0.3) is 0 Å². The molecule has 0 amide bonds. The molecular formula is C13H12Cl2N2S. The van der Waals surface area contributed by atoms with Gasteiger partial charge in [-0.25, -0.2) is 4.98 Å². The van der Waals surface area contributed by atoms with Gasteiger partial charge in [0.2, 0.25) is 0 Å². The first-order chi connectivity index (χ1) is 8.70. The second kappa shape index (κ2) is 4.72. The molecule has 0 saturated heterocycles. The highest BCUT2D eigenvalue weighted by Gasteiger charge is 2.29. The van der Waals surface area contributed by atoms with E-state index in [9.17, 15) is 0 Å². The van der Waals surface area contributed by atoms with Crippen molar-refractivity contribution in [2.24, 2.45) is 0 Å². The number of fused-ring (bicyclic) bond motifs is 1. The number of benzene rings is 1. The number of para-hydroxylation sites is 1. The minimum absolute atomic E-state index is 0.410. The molecule has 1 aromatic carbocycles. The fraction of sp³-hybridized carbons (Fsp3) is 0.308. The monoisotopic (exact) mass is 298 g/mol. The summed E-state index contributed by atoms with van der Waals surface area (Å²) >= 11 is 13.5. The molecule has 1 unspecified atom stereocenters.